The van der Waals surface area contributed by atoms with Crippen molar-refractivity contribution < 1.29 is 4.79 Å². The van der Waals surface area contributed by atoms with Gasteiger partial charge in [-0.15, -0.1) is 0 Å². The van der Waals surface area contributed by atoms with Gasteiger partial charge in [0.2, 0.25) is 0 Å². The fourth-order valence-corrected chi connectivity index (χ4v) is 2.02. The molecule has 1 aromatic carbocycles. The van der Waals surface area contributed by atoms with Gasteiger partial charge >= 0.3 is 0 Å². The number of nitrogens with zero attached hydrogens (tertiary/aromatic N) is 1. The smallest absolute Gasteiger partial charge is 0.251 e. The number of carbonyl (C=O) groups is 1. The Hall–Kier alpha value is -2.07. The van der Waals surface area contributed by atoms with Crippen LogP contribution in [-0.4, -0.2) is 17.0 Å². The van der Waals surface area contributed by atoms with Crippen molar-refractivity contribution in [2.75, 3.05) is 6.54 Å². The fourth-order valence-electron chi connectivity index (χ4n) is 1.80. The van der Waals surface area contributed by atoms with E-state index >= 15 is 0 Å². The number of aryl methyl sites for hydroxylation is 1. The second-order valence-corrected chi connectivity index (χ2v) is 4.94. The van der Waals surface area contributed by atoms with Crippen LogP contribution in [0, 0.1) is 0 Å². The molecule has 0 fully saturated rings. The molecule has 5 heteroatoms. The summed E-state index contributed by atoms with van der Waals surface area (Å²) < 4.78 is 1.42. The van der Waals surface area contributed by atoms with Gasteiger partial charge in [-0.05, 0) is 30.2 Å². The number of hydrogen-bond donors (Lipinski definition) is 1. The van der Waals surface area contributed by atoms with E-state index in [0.29, 0.717) is 23.6 Å². The van der Waals surface area contributed by atoms with E-state index in [4.69, 9.17) is 11.6 Å². The summed E-state index contributed by atoms with van der Waals surface area (Å²) in [4.78, 5) is 23.3. The Morgan fingerprint density at radius 3 is 2.80 bits per heavy atom. The first-order valence-electron chi connectivity index (χ1n) is 6.25. The van der Waals surface area contributed by atoms with Crippen LogP contribution < -0.4 is 10.9 Å². The van der Waals surface area contributed by atoms with Gasteiger partial charge in [-0.1, -0.05) is 23.7 Å². The maximum absolute atomic E-state index is 11.9. The fraction of sp³-hybridized carbons (Fsp3) is 0.200. The molecule has 0 aliphatic carbocycles. The van der Waals surface area contributed by atoms with Gasteiger partial charge in [-0.2, -0.15) is 0 Å². The summed E-state index contributed by atoms with van der Waals surface area (Å²) in [5, 5.41) is 3.46. The SMILES string of the molecule is Cn1ccc(C(=O)NCCc2cccc(Cl)c2)cc1=O. The zero-order chi connectivity index (χ0) is 14.5. The maximum atomic E-state index is 11.9. The van der Waals surface area contributed by atoms with Crippen LogP contribution in [0.4, 0.5) is 0 Å². The van der Waals surface area contributed by atoms with E-state index in [0.717, 1.165) is 5.56 Å². The highest BCUT2D eigenvalue weighted by molar-refractivity contribution is 6.30. The summed E-state index contributed by atoms with van der Waals surface area (Å²) in [7, 11) is 1.64. The summed E-state index contributed by atoms with van der Waals surface area (Å²) in [6.07, 6.45) is 2.27. The van der Waals surface area contributed by atoms with Crippen molar-refractivity contribution in [2.45, 2.75) is 6.42 Å². The molecule has 0 bridgehead atoms. The van der Waals surface area contributed by atoms with Crippen LogP contribution >= 0.6 is 11.6 Å². The minimum absolute atomic E-state index is 0.201. The Morgan fingerprint density at radius 1 is 1.30 bits per heavy atom. The summed E-state index contributed by atoms with van der Waals surface area (Å²) in [5.74, 6) is -0.246. The lowest BCUT2D eigenvalue weighted by atomic mass is 10.1. The number of aromatic nitrogens is 1. The van der Waals surface area contributed by atoms with Crippen LogP contribution in [0.5, 0.6) is 0 Å². The van der Waals surface area contributed by atoms with Crippen molar-refractivity contribution in [3.05, 3.63) is 69.1 Å². The standard InChI is InChI=1S/C15H15ClN2O2/c1-18-8-6-12(10-14(18)19)15(20)17-7-5-11-3-2-4-13(16)9-11/h2-4,6,8-10H,5,7H2,1H3,(H,17,20). The first kappa shape index (κ1) is 14.3. The summed E-state index contributed by atoms with van der Waals surface area (Å²) >= 11 is 5.89. The van der Waals surface area contributed by atoms with Crippen LogP contribution in [0.1, 0.15) is 15.9 Å². The van der Waals surface area contributed by atoms with E-state index in [1.54, 1.807) is 19.3 Å². The normalized spacial score (nSPS) is 10.3. The number of nitrogens with one attached hydrogen (secondary N) is 1. The molecular formula is C15H15ClN2O2. The highest BCUT2D eigenvalue weighted by Gasteiger charge is 2.06. The van der Waals surface area contributed by atoms with Crippen LogP contribution in [0.15, 0.2) is 47.4 Å². The molecule has 1 heterocycles. The molecule has 2 aromatic rings. The molecule has 2 rings (SSSR count). The molecule has 4 nitrogen and oxygen atoms in total. The number of carbonyl (C=O) groups excluding carboxylic acids is 1. The predicted molar refractivity (Wildman–Crippen MR) is 79.2 cm³/mol. The van der Waals surface area contributed by atoms with Crippen LogP contribution in [0.3, 0.4) is 0 Å². The monoisotopic (exact) mass is 290 g/mol. The van der Waals surface area contributed by atoms with Crippen molar-refractivity contribution >= 4 is 17.5 Å². The first-order chi connectivity index (χ1) is 9.56. The third kappa shape index (κ3) is 3.71. The molecule has 104 valence electrons. The Kier molecular flexibility index (Phi) is 4.58. The molecule has 1 amide bonds. The average Bonchev–Trinajstić information content (AvgIpc) is 2.42. The van der Waals surface area contributed by atoms with E-state index in [-0.39, 0.29) is 11.5 Å². The van der Waals surface area contributed by atoms with Gasteiger partial charge in [-0.25, -0.2) is 0 Å². The molecule has 20 heavy (non-hydrogen) atoms. The molecule has 0 atom stereocenters. The van der Waals surface area contributed by atoms with E-state index in [1.807, 2.05) is 24.3 Å². The first-order valence-corrected chi connectivity index (χ1v) is 6.63. The quantitative estimate of drug-likeness (QED) is 0.936. The molecular weight excluding hydrogens is 276 g/mol. The third-order valence-electron chi connectivity index (χ3n) is 2.95. The zero-order valence-corrected chi connectivity index (χ0v) is 11.9. The molecule has 0 saturated carbocycles. The number of halogens is 1. The van der Waals surface area contributed by atoms with Crippen LogP contribution in [0.2, 0.25) is 5.02 Å². The van der Waals surface area contributed by atoms with Gasteiger partial charge in [0.1, 0.15) is 0 Å². The molecule has 0 aliphatic rings. The minimum Gasteiger partial charge on any atom is -0.352 e. The van der Waals surface area contributed by atoms with E-state index in [1.165, 1.54) is 10.6 Å². The molecule has 1 N–H and O–H groups in total. The lowest BCUT2D eigenvalue weighted by Crippen LogP contribution is -2.27. The summed E-state index contributed by atoms with van der Waals surface area (Å²) in [6, 6.07) is 10.5. The average molecular weight is 291 g/mol. The minimum atomic E-state index is -0.246. The number of rotatable bonds is 4. The molecule has 0 saturated heterocycles. The van der Waals surface area contributed by atoms with E-state index in [2.05, 4.69) is 5.32 Å². The Bertz CT molecular complexity index is 680. The predicted octanol–water partition coefficient (Wildman–Crippen LogP) is 2.01. The molecule has 0 unspecified atom stereocenters. The topological polar surface area (TPSA) is 51.1 Å². The number of pyridine rings is 1. The molecule has 0 spiro atoms. The van der Waals surface area contributed by atoms with Crippen molar-refractivity contribution in [3.63, 3.8) is 0 Å². The van der Waals surface area contributed by atoms with Gasteiger partial charge in [0.15, 0.2) is 0 Å². The zero-order valence-electron chi connectivity index (χ0n) is 11.1. The lowest BCUT2D eigenvalue weighted by molar-refractivity contribution is 0.0954. The van der Waals surface area contributed by atoms with Crippen molar-refractivity contribution in [2.24, 2.45) is 7.05 Å². The van der Waals surface area contributed by atoms with Gasteiger partial charge in [-0.3, -0.25) is 9.59 Å². The summed E-state index contributed by atoms with van der Waals surface area (Å²) in [6.45, 7) is 0.494. The van der Waals surface area contributed by atoms with Gasteiger partial charge < -0.3 is 9.88 Å². The van der Waals surface area contributed by atoms with Gasteiger partial charge in [0.25, 0.3) is 11.5 Å². The largest absolute Gasteiger partial charge is 0.352 e. The highest BCUT2D eigenvalue weighted by Crippen LogP contribution is 2.10. The molecule has 0 aliphatic heterocycles. The second kappa shape index (κ2) is 6.39. The van der Waals surface area contributed by atoms with Crippen molar-refractivity contribution in [3.8, 4) is 0 Å². The third-order valence-corrected chi connectivity index (χ3v) is 3.19. The second-order valence-electron chi connectivity index (χ2n) is 4.50. The Balaban J connectivity index is 1.92. The van der Waals surface area contributed by atoms with Crippen LogP contribution in [0.25, 0.3) is 0 Å². The molecule has 0 radical (unpaired) electrons. The number of benzene rings is 1. The maximum Gasteiger partial charge on any atom is 0.251 e. The van der Waals surface area contributed by atoms with E-state index in [9.17, 15) is 9.59 Å². The lowest BCUT2D eigenvalue weighted by Gasteiger charge is -2.06. The Morgan fingerprint density at radius 2 is 2.10 bits per heavy atom. The van der Waals surface area contributed by atoms with E-state index < -0.39 is 0 Å². The Labute approximate surface area is 122 Å². The number of hydrogen-bond acceptors (Lipinski definition) is 2. The highest BCUT2D eigenvalue weighted by atomic mass is 35.5. The van der Waals surface area contributed by atoms with Gasteiger partial charge in [0.05, 0.1) is 0 Å². The van der Waals surface area contributed by atoms with Gasteiger partial charge in [0, 0.05) is 36.4 Å². The number of amides is 1. The molecule has 1 aromatic heterocycles. The van der Waals surface area contributed by atoms with Crippen LogP contribution in [-0.2, 0) is 13.5 Å². The van der Waals surface area contributed by atoms with Crippen molar-refractivity contribution in [1.29, 1.82) is 0 Å². The summed E-state index contributed by atoms with van der Waals surface area (Å²) in [5.41, 5.74) is 1.23. The van der Waals surface area contributed by atoms with Crippen molar-refractivity contribution in [1.82, 2.24) is 9.88 Å².